The van der Waals surface area contributed by atoms with Crippen molar-refractivity contribution in [3.63, 3.8) is 0 Å². The maximum Gasteiger partial charge on any atom is 0.328 e. The lowest BCUT2D eigenvalue weighted by Crippen LogP contribution is -2.55. The van der Waals surface area contributed by atoms with Crippen LogP contribution in [-0.2, 0) is 16.1 Å². The van der Waals surface area contributed by atoms with Gasteiger partial charge in [-0.15, -0.1) is 0 Å². The average Bonchev–Trinajstić information content (AvgIpc) is 2.55. The molecule has 0 fully saturated rings. The number of carbonyl (C=O) groups excluding carboxylic acids is 2. The number of rotatable bonds is 8. The van der Waals surface area contributed by atoms with Crippen LogP contribution in [0.4, 0.5) is 9.18 Å². The Morgan fingerprint density at radius 1 is 1.12 bits per heavy atom. The number of benzene rings is 1. The van der Waals surface area contributed by atoms with Crippen molar-refractivity contribution in [1.82, 2.24) is 16.0 Å². The topological polar surface area (TPSA) is 108 Å². The molecule has 0 aliphatic carbocycles. The Balaban J connectivity index is 2.59. The molecule has 2 atom stereocenters. The number of carboxylic acid groups (broad SMARTS) is 1. The van der Waals surface area contributed by atoms with E-state index >= 15 is 0 Å². The number of nitrogens with one attached hydrogen (secondary N) is 3. The van der Waals surface area contributed by atoms with E-state index < -0.39 is 36.7 Å². The molecule has 0 aromatic heterocycles. The third-order valence-electron chi connectivity index (χ3n) is 3.30. The van der Waals surface area contributed by atoms with E-state index in [0.717, 1.165) is 5.56 Å². The maximum atomic E-state index is 12.6. The highest BCUT2D eigenvalue weighted by molar-refractivity contribution is 5.90. The van der Waals surface area contributed by atoms with E-state index in [4.69, 9.17) is 5.11 Å². The number of carboxylic acids is 1. The Morgan fingerprint density at radius 2 is 1.75 bits per heavy atom. The van der Waals surface area contributed by atoms with Gasteiger partial charge in [-0.1, -0.05) is 44.2 Å². The first-order valence-electron chi connectivity index (χ1n) is 7.52. The van der Waals surface area contributed by atoms with Gasteiger partial charge in [0.1, 0.15) is 12.7 Å². The highest BCUT2D eigenvalue weighted by Crippen LogP contribution is 2.03. The van der Waals surface area contributed by atoms with Crippen molar-refractivity contribution in [2.75, 3.05) is 6.67 Å². The molecule has 3 amide bonds. The quantitative estimate of drug-likeness (QED) is 0.568. The van der Waals surface area contributed by atoms with Gasteiger partial charge in [0.2, 0.25) is 5.91 Å². The Bertz CT molecular complexity index is 566. The first kappa shape index (κ1) is 19.4. The zero-order chi connectivity index (χ0) is 18.1. The molecule has 24 heavy (non-hydrogen) atoms. The van der Waals surface area contributed by atoms with E-state index in [2.05, 4.69) is 16.0 Å². The fraction of sp³-hybridized carbons (Fsp3) is 0.438. The SMILES string of the molecule is CC(C)C(NC(=O)NCc1ccccc1)C(=O)NC(CF)C(=O)O. The summed E-state index contributed by atoms with van der Waals surface area (Å²) in [5.41, 5.74) is 0.890. The van der Waals surface area contributed by atoms with Crippen molar-refractivity contribution in [3.8, 4) is 0 Å². The van der Waals surface area contributed by atoms with Gasteiger partial charge < -0.3 is 21.1 Å². The van der Waals surface area contributed by atoms with Crippen LogP contribution in [0.2, 0.25) is 0 Å². The second-order valence-electron chi connectivity index (χ2n) is 5.59. The van der Waals surface area contributed by atoms with Gasteiger partial charge >= 0.3 is 12.0 Å². The van der Waals surface area contributed by atoms with Crippen molar-refractivity contribution in [3.05, 3.63) is 35.9 Å². The molecule has 0 aliphatic rings. The molecule has 8 heteroatoms. The monoisotopic (exact) mass is 339 g/mol. The van der Waals surface area contributed by atoms with Crippen LogP contribution in [0.3, 0.4) is 0 Å². The molecular formula is C16H22FN3O4. The highest BCUT2D eigenvalue weighted by Gasteiger charge is 2.28. The van der Waals surface area contributed by atoms with Gasteiger partial charge in [-0.2, -0.15) is 0 Å². The predicted octanol–water partition coefficient (Wildman–Crippen LogP) is 1.05. The molecule has 0 bridgehead atoms. The summed E-state index contributed by atoms with van der Waals surface area (Å²) in [6.45, 7) is 2.42. The second-order valence-corrected chi connectivity index (χ2v) is 5.59. The molecule has 0 saturated heterocycles. The fourth-order valence-corrected chi connectivity index (χ4v) is 1.93. The van der Waals surface area contributed by atoms with E-state index in [1.54, 1.807) is 13.8 Å². The van der Waals surface area contributed by atoms with Gasteiger partial charge in [-0.05, 0) is 11.5 Å². The van der Waals surface area contributed by atoms with E-state index in [-0.39, 0.29) is 12.5 Å². The Labute approximate surface area is 139 Å². The highest BCUT2D eigenvalue weighted by atomic mass is 19.1. The van der Waals surface area contributed by atoms with Crippen LogP contribution in [0.5, 0.6) is 0 Å². The van der Waals surface area contributed by atoms with Gasteiger partial charge in [0.15, 0.2) is 6.04 Å². The fourth-order valence-electron chi connectivity index (χ4n) is 1.93. The Kier molecular flexibility index (Phi) is 7.67. The van der Waals surface area contributed by atoms with E-state index in [1.165, 1.54) is 0 Å². The zero-order valence-electron chi connectivity index (χ0n) is 13.6. The summed E-state index contributed by atoms with van der Waals surface area (Å²) in [5.74, 6) is -2.52. The van der Waals surface area contributed by atoms with Crippen LogP contribution in [0.15, 0.2) is 30.3 Å². The summed E-state index contributed by atoms with van der Waals surface area (Å²) in [6.07, 6.45) is 0. The minimum Gasteiger partial charge on any atom is -0.480 e. The molecule has 1 aromatic rings. The number of halogens is 1. The molecular weight excluding hydrogens is 317 g/mol. The van der Waals surface area contributed by atoms with E-state index in [9.17, 15) is 18.8 Å². The third kappa shape index (κ3) is 6.23. The van der Waals surface area contributed by atoms with Crippen LogP contribution in [-0.4, -0.2) is 41.8 Å². The second kappa shape index (κ2) is 9.49. The molecule has 0 saturated carbocycles. The van der Waals surface area contributed by atoms with Crippen molar-refractivity contribution >= 4 is 17.9 Å². The van der Waals surface area contributed by atoms with Crippen molar-refractivity contribution in [1.29, 1.82) is 0 Å². The van der Waals surface area contributed by atoms with Crippen molar-refractivity contribution in [2.45, 2.75) is 32.5 Å². The molecule has 0 spiro atoms. The number of alkyl halides is 1. The lowest BCUT2D eigenvalue weighted by molar-refractivity contribution is -0.142. The van der Waals surface area contributed by atoms with Crippen LogP contribution >= 0.6 is 0 Å². The first-order valence-corrected chi connectivity index (χ1v) is 7.52. The van der Waals surface area contributed by atoms with Gasteiger partial charge in [0.25, 0.3) is 0 Å². The van der Waals surface area contributed by atoms with E-state index in [1.807, 2.05) is 30.3 Å². The number of urea groups is 1. The number of aliphatic carboxylic acids is 1. The van der Waals surface area contributed by atoms with Crippen LogP contribution in [0.1, 0.15) is 19.4 Å². The third-order valence-corrected chi connectivity index (χ3v) is 3.30. The minimum absolute atomic E-state index is 0.279. The first-order chi connectivity index (χ1) is 11.3. The summed E-state index contributed by atoms with van der Waals surface area (Å²) >= 11 is 0. The normalized spacial score (nSPS) is 13.0. The molecule has 2 unspecified atom stereocenters. The van der Waals surface area contributed by atoms with Gasteiger partial charge in [-0.3, -0.25) is 4.79 Å². The lowest BCUT2D eigenvalue weighted by Gasteiger charge is -2.23. The lowest BCUT2D eigenvalue weighted by atomic mass is 10.0. The summed E-state index contributed by atoms with van der Waals surface area (Å²) < 4.78 is 12.6. The molecule has 132 valence electrons. The Morgan fingerprint density at radius 3 is 2.25 bits per heavy atom. The van der Waals surface area contributed by atoms with Crippen molar-refractivity contribution < 1.29 is 23.9 Å². The number of hydrogen-bond donors (Lipinski definition) is 4. The number of carbonyl (C=O) groups is 3. The molecule has 0 aliphatic heterocycles. The van der Waals surface area contributed by atoms with Crippen LogP contribution < -0.4 is 16.0 Å². The Hall–Kier alpha value is -2.64. The molecule has 1 aromatic carbocycles. The average molecular weight is 339 g/mol. The van der Waals surface area contributed by atoms with Crippen LogP contribution in [0.25, 0.3) is 0 Å². The molecule has 7 nitrogen and oxygen atoms in total. The number of amides is 3. The maximum absolute atomic E-state index is 12.6. The summed E-state index contributed by atoms with van der Waals surface area (Å²) in [4.78, 5) is 34.8. The summed E-state index contributed by atoms with van der Waals surface area (Å²) in [6, 6.07) is 6.02. The molecule has 0 radical (unpaired) electrons. The molecule has 0 heterocycles. The zero-order valence-corrected chi connectivity index (χ0v) is 13.6. The summed E-state index contributed by atoms with van der Waals surface area (Å²) in [5, 5.41) is 15.9. The number of hydrogen-bond acceptors (Lipinski definition) is 3. The van der Waals surface area contributed by atoms with Crippen molar-refractivity contribution in [2.24, 2.45) is 5.92 Å². The minimum atomic E-state index is -1.63. The predicted molar refractivity (Wildman–Crippen MR) is 86.0 cm³/mol. The van der Waals surface area contributed by atoms with Gasteiger partial charge in [-0.25, -0.2) is 14.0 Å². The largest absolute Gasteiger partial charge is 0.480 e. The smallest absolute Gasteiger partial charge is 0.328 e. The van der Waals surface area contributed by atoms with Gasteiger partial charge in [0.05, 0.1) is 0 Å². The van der Waals surface area contributed by atoms with E-state index in [0.29, 0.717) is 0 Å². The van der Waals surface area contributed by atoms with Crippen LogP contribution in [0, 0.1) is 5.92 Å². The molecule has 4 N–H and O–H groups in total. The standard InChI is InChI=1S/C16H22FN3O4/c1-10(2)13(14(21)19-12(8-17)15(22)23)20-16(24)18-9-11-6-4-3-5-7-11/h3-7,10,12-13H,8-9H2,1-2H3,(H,19,21)(H,22,23)(H2,18,20,24). The molecule has 1 rings (SSSR count). The summed E-state index contributed by atoms with van der Waals surface area (Å²) in [7, 11) is 0. The van der Waals surface area contributed by atoms with Gasteiger partial charge in [0, 0.05) is 6.54 Å².